The maximum absolute atomic E-state index is 12.2. The molecule has 0 radical (unpaired) electrons. The van der Waals surface area contributed by atoms with Crippen LogP contribution < -0.4 is 0 Å². The zero-order valence-electron chi connectivity index (χ0n) is 12.2. The average molecular weight is 279 g/mol. The largest absolute Gasteiger partial charge is 0.371 e. The number of hydrogen-bond acceptors (Lipinski definition) is 3. The minimum atomic E-state index is -0.431. The quantitative estimate of drug-likeness (QED) is 0.809. The molecule has 3 rings (SSSR count). The number of hydrogen-bond donors (Lipinski definition) is 0. The first-order chi connectivity index (χ1) is 10.2. The second kappa shape index (κ2) is 5.17. The fourth-order valence-corrected chi connectivity index (χ4v) is 2.87. The Morgan fingerprint density at radius 3 is 2.05 bits per heavy atom. The van der Waals surface area contributed by atoms with Crippen molar-refractivity contribution in [2.75, 3.05) is 13.1 Å². The van der Waals surface area contributed by atoms with Crippen LogP contribution in [0.25, 0.3) is 16.5 Å². The zero-order chi connectivity index (χ0) is 15.0. The summed E-state index contributed by atoms with van der Waals surface area (Å²) in [6.07, 6.45) is 1.48. The van der Waals surface area contributed by atoms with E-state index in [0.717, 1.165) is 35.1 Å². The number of fused-ring (bicyclic) bond motifs is 2. The fourth-order valence-electron chi connectivity index (χ4n) is 2.87. The zero-order valence-corrected chi connectivity index (χ0v) is 12.2. The number of carbonyl (C=O) groups excluding carboxylic acids is 2. The van der Waals surface area contributed by atoms with E-state index in [-0.39, 0.29) is 0 Å². The first kappa shape index (κ1) is 13.6. The molecule has 106 valence electrons. The summed E-state index contributed by atoms with van der Waals surface area (Å²) in [5, 5.41) is 2.06. The van der Waals surface area contributed by atoms with E-state index in [1.165, 1.54) is 6.08 Å². The Morgan fingerprint density at radius 2 is 1.48 bits per heavy atom. The molecule has 0 atom stereocenters. The summed E-state index contributed by atoms with van der Waals surface area (Å²) in [5.41, 5.74) is 2.23. The van der Waals surface area contributed by atoms with E-state index in [9.17, 15) is 9.59 Å². The molecule has 0 saturated heterocycles. The summed E-state index contributed by atoms with van der Waals surface area (Å²) < 4.78 is 0. The van der Waals surface area contributed by atoms with Crippen molar-refractivity contribution in [3.63, 3.8) is 0 Å². The second-order valence-corrected chi connectivity index (χ2v) is 5.14. The van der Waals surface area contributed by atoms with E-state index in [1.54, 1.807) is 0 Å². The van der Waals surface area contributed by atoms with Gasteiger partial charge in [-0.2, -0.15) is 0 Å². The lowest BCUT2D eigenvalue weighted by molar-refractivity contribution is -0.111. The van der Waals surface area contributed by atoms with Crippen molar-refractivity contribution in [1.82, 2.24) is 4.90 Å². The van der Waals surface area contributed by atoms with Gasteiger partial charge in [-0.25, -0.2) is 0 Å². The smallest absolute Gasteiger partial charge is 0.233 e. The first-order valence-corrected chi connectivity index (χ1v) is 7.24. The lowest BCUT2D eigenvalue weighted by atomic mass is 9.89. The molecule has 3 nitrogen and oxygen atoms in total. The number of nitrogens with zero attached hydrogens (tertiary/aromatic N) is 1. The van der Waals surface area contributed by atoms with Crippen LogP contribution in [0.4, 0.5) is 0 Å². The van der Waals surface area contributed by atoms with Gasteiger partial charge in [-0.15, -0.1) is 0 Å². The Kier molecular flexibility index (Phi) is 3.34. The molecule has 0 fully saturated rings. The highest BCUT2D eigenvalue weighted by Crippen LogP contribution is 2.31. The lowest BCUT2D eigenvalue weighted by Crippen LogP contribution is -2.28. The van der Waals surface area contributed by atoms with Gasteiger partial charge in [-0.1, -0.05) is 24.3 Å². The molecule has 0 N–H and O–H groups in total. The van der Waals surface area contributed by atoms with Gasteiger partial charge in [-0.05, 0) is 36.8 Å². The number of rotatable bonds is 3. The van der Waals surface area contributed by atoms with Crippen LogP contribution in [0.5, 0.6) is 0 Å². The highest BCUT2D eigenvalue weighted by atomic mass is 16.2. The Morgan fingerprint density at radius 1 is 0.905 bits per heavy atom. The third-order valence-electron chi connectivity index (χ3n) is 4.00. The molecule has 0 heterocycles. The van der Waals surface area contributed by atoms with E-state index in [0.29, 0.717) is 5.56 Å². The molecule has 0 aromatic heterocycles. The molecule has 2 aromatic carbocycles. The summed E-state index contributed by atoms with van der Waals surface area (Å²) in [6.45, 7) is 5.70. The third kappa shape index (κ3) is 2.15. The molecule has 2 aromatic rings. The number of ketones is 2. The van der Waals surface area contributed by atoms with Crippen molar-refractivity contribution in [2.45, 2.75) is 13.8 Å². The predicted octanol–water partition coefficient (Wildman–Crippen LogP) is 3.29. The van der Waals surface area contributed by atoms with E-state index in [2.05, 4.69) is 4.90 Å². The SMILES string of the molecule is CCN(CC)C1=CC(=O)C(=O)c2cc3ccccc3cc21. The van der Waals surface area contributed by atoms with Gasteiger partial charge in [0.15, 0.2) is 0 Å². The van der Waals surface area contributed by atoms with E-state index in [4.69, 9.17) is 0 Å². The van der Waals surface area contributed by atoms with Gasteiger partial charge in [0.2, 0.25) is 11.6 Å². The Balaban J connectivity index is 2.28. The summed E-state index contributed by atoms with van der Waals surface area (Å²) in [5.74, 6) is -0.841. The Labute approximate surface area is 123 Å². The number of benzene rings is 2. The first-order valence-electron chi connectivity index (χ1n) is 7.24. The third-order valence-corrected chi connectivity index (χ3v) is 4.00. The predicted molar refractivity (Wildman–Crippen MR) is 84.2 cm³/mol. The topological polar surface area (TPSA) is 37.4 Å². The van der Waals surface area contributed by atoms with Gasteiger partial charge < -0.3 is 4.90 Å². The standard InChI is InChI=1S/C18H17NO2/c1-3-19(4-2)16-11-17(20)18(21)15-10-13-8-6-5-7-12(13)9-14(15)16/h5-11H,3-4H2,1-2H3. The van der Waals surface area contributed by atoms with Crippen LogP contribution in [0.3, 0.4) is 0 Å². The molecule has 0 amide bonds. The van der Waals surface area contributed by atoms with Crippen molar-refractivity contribution in [3.8, 4) is 0 Å². The van der Waals surface area contributed by atoms with Crippen LogP contribution in [-0.4, -0.2) is 29.6 Å². The van der Waals surface area contributed by atoms with Crippen LogP contribution in [-0.2, 0) is 4.79 Å². The Hall–Kier alpha value is -2.42. The number of Topliss-reactive ketones (excluding diaryl/α,β-unsaturated/α-hetero) is 1. The molecule has 0 unspecified atom stereocenters. The molecular weight excluding hydrogens is 262 g/mol. The van der Waals surface area contributed by atoms with Gasteiger partial charge >= 0.3 is 0 Å². The molecule has 0 aliphatic heterocycles. The van der Waals surface area contributed by atoms with Crippen molar-refractivity contribution >= 4 is 28.0 Å². The monoisotopic (exact) mass is 279 g/mol. The molecule has 0 bridgehead atoms. The molecule has 3 heteroatoms. The van der Waals surface area contributed by atoms with Gasteiger partial charge in [0.1, 0.15) is 0 Å². The maximum atomic E-state index is 12.2. The highest BCUT2D eigenvalue weighted by molar-refractivity contribution is 6.50. The summed E-state index contributed by atoms with van der Waals surface area (Å²) >= 11 is 0. The van der Waals surface area contributed by atoms with Crippen molar-refractivity contribution in [3.05, 3.63) is 53.6 Å². The summed E-state index contributed by atoms with van der Waals surface area (Å²) in [6, 6.07) is 11.7. The number of allylic oxidation sites excluding steroid dienone is 1. The molecule has 1 aliphatic rings. The maximum Gasteiger partial charge on any atom is 0.233 e. The highest BCUT2D eigenvalue weighted by Gasteiger charge is 2.28. The van der Waals surface area contributed by atoms with Crippen LogP contribution >= 0.6 is 0 Å². The van der Waals surface area contributed by atoms with E-state index < -0.39 is 11.6 Å². The number of carbonyl (C=O) groups is 2. The van der Waals surface area contributed by atoms with E-state index >= 15 is 0 Å². The van der Waals surface area contributed by atoms with Crippen LogP contribution in [0.1, 0.15) is 29.8 Å². The molecule has 0 spiro atoms. The Bertz CT molecular complexity index is 770. The molecular formula is C18H17NO2. The van der Waals surface area contributed by atoms with Crippen LogP contribution in [0.2, 0.25) is 0 Å². The van der Waals surface area contributed by atoms with Gasteiger partial charge in [0.25, 0.3) is 0 Å². The van der Waals surface area contributed by atoms with Crippen LogP contribution in [0, 0.1) is 0 Å². The minimum absolute atomic E-state index is 0.411. The van der Waals surface area contributed by atoms with Gasteiger partial charge in [0.05, 0.1) is 0 Å². The molecule has 1 aliphatic carbocycles. The van der Waals surface area contributed by atoms with Gasteiger partial charge in [0, 0.05) is 36.0 Å². The average Bonchev–Trinajstić information content (AvgIpc) is 2.51. The van der Waals surface area contributed by atoms with Crippen LogP contribution in [0.15, 0.2) is 42.5 Å². The van der Waals surface area contributed by atoms with Gasteiger partial charge in [-0.3, -0.25) is 9.59 Å². The minimum Gasteiger partial charge on any atom is -0.371 e. The van der Waals surface area contributed by atoms with Crippen molar-refractivity contribution < 1.29 is 9.59 Å². The van der Waals surface area contributed by atoms with Crippen molar-refractivity contribution in [2.24, 2.45) is 0 Å². The fraction of sp³-hybridized carbons (Fsp3) is 0.222. The van der Waals surface area contributed by atoms with Crippen molar-refractivity contribution in [1.29, 1.82) is 0 Å². The summed E-state index contributed by atoms with van der Waals surface area (Å²) in [4.78, 5) is 26.3. The second-order valence-electron chi connectivity index (χ2n) is 5.14. The normalized spacial score (nSPS) is 14.1. The molecule has 21 heavy (non-hydrogen) atoms. The molecule has 0 saturated carbocycles. The lowest BCUT2D eigenvalue weighted by Gasteiger charge is -2.28. The summed E-state index contributed by atoms with van der Waals surface area (Å²) in [7, 11) is 0. The van der Waals surface area contributed by atoms with E-state index in [1.807, 2.05) is 50.2 Å².